The van der Waals surface area contributed by atoms with Crippen LogP contribution in [-0.2, 0) is 0 Å². The van der Waals surface area contributed by atoms with Crippen LogP contribution < -0.4 is 5.73 Å². The molecule has 0 spiro atoms. The summed E-state index contributed by atoms with van der Waals surface area (Å²) < 4.78 is 14.2. The van der Waals surface area contributed by atoms with E-state index in [2.05, 4.69) is 22.9 Å². The van der Waals surface area contributed by atoms with Crippen molar-refractivity contribution >= 4 is 28.3 Å². The first-order valence-corrected chi connectivity index (χ1v) is 5.56. The van der Waals surface area contributed by atoms with E-state index in [4.69, 9.17) is 5.73 Å². The van der Waals surface area contributed by atoms with Gasteiger partial charge in [-0.3, -0.25) is 0 Å². The van der Waals surface area contributed by atoms with Gasteiger partial charge in [0.05, 0.1) is 0 Å². The molecule has 2 atom stereocenters. The maximum Gasteiger partial charge on any atom is 0.129 e. The molecule has 1 unspecified atom stereocenters. The van der Waals surface area contributed by atoms with Gasteiger partial charge in [0.2, 0.25) is 0 Å². The molecule has 0 saturated heterocycles. The van der Waals surface area contributed by atoms with Crippen molar-refractivity contribution < 1.29 is 4.39 Å². The van der Waals surface area contributed by atoms with Crippen molar-refractivity contribution in [3.63, 3.8) is 0 Å². The largest absolute Gasteiger partial charge is 0.324 e. The van der Waals surface area contributed by atoms with Gasteiger partial charge in [-0.1, -0.05) is 42.3 Å². The highest BCUT2D eigenvalue weighted by Crippen LogP contribution is 2.30. The standard InChI is InChI=1S/C11H15BrFN.ClH/c1-3-7(2)11(14)10-8(12)5-4-6-9(10)13;/h4-7,11H,3,14H2,1-2H3;1H/t7?,11-;/m1./s1. The zero-order valence-electron chi connectivity index (χ0n) is 8.84. The third kappa shape index (κ3) is 3.44. The monoisotopic (exact) mass is 295 g/mol. The number of hydrogen-bond donors (Lipinski definition) is 1. The van der Waals surface area contributed by atoms with Gasteiger partial charge in [0.1, 0.15) is 5.82 Å². The molecule has 0 heterocycles. The summed E-state index contributed by atoms with van der Waals surface area (Å²) in [5.74, 6) is 0.0513. The van der Waals surface area contributed by atoms with Gasteiger partial charge in [0.25, 0.3) is 0 Å². The second-order valence-electron chi connectivity index (χ2n) is 3.55. The second kappa shape index (κ2) is 6.46. The topological polar surface area (TPSA) is 26.0 Å². The average molecular weight is 297 g/mol. The summed E-state index contributed by atoms with van der Waals surface area (Å²) in [6.07, 6.45) is 0.946. The van der Waals surface area contributed by atoms with Crippen LogP contribution >= 0.6 is 28.3 Å². The molecule has 0 fully saturated rings. The second-order valence-corrected chi connectivity index (χ2v) is 4.40. The predicted molar refractivity (Wildman–Crippen MR) is 67.7 cm³/mol. The van der Waals surface area contributed by atoms with E-state index in [0.29, 0.717) is 5.56 Å². The molecular formula is C11H16BrClFN. The zero-order valence-corrected chi connectivity index (χ0v) is 11.2. The summed E-state index contributed by atoms with van der Waals surface area (Å²) in [6.45, 7) is 4.09. The van der Waals surface area contributed by atoms with Gasteiger partial charge in [-0.05, 0) is 18.1 Å². The van der Waals surface area contributed by atoms with Gasteiger partial charge >= 0.3 is 0 Å². The molecule has 0 amide bonds. The van der Waals surface area contributed by atoms with Crippen molar-refractivity contribution in [3.05, 3.63) is 34.1 Å². The lowest BCUT2D eigenvalue weighted by Gasteiger charge is -2.20. The molecule has 2 N–H and O–H groups in total. The Kier molecular flexibility index (Phi) is 6.41. The fourth-order valence-corrected chi connectivity index (χ4v) is 1.97. The Bertz CT molecular complexity index is 299. The lowest BCUT2D eigenvalue weighted by atomic mass is 9.93. The summed E-state index contributed by atoms with van der Waals surface area (Å²) >= 11 is 3.33. The van der Waals surface area contributed by atoms with Crippen LogP contribution in [0.1, 0.15) is 31.9 Å². The van der Waals surface area contributed by atoms with Crippen LogP contribution in [0.25, 0.3) is 0 Å². The molecule has 0 aliphatic heterocycles. The third-order valence-electron chi connectivity index (χ3n) is 2.59. The van der Waals surface area contributed by atoms with E-state index in [-0.39, 0.29) is 30.2 Å². The molecule has 0 aliphatic carbocycles. The molecular weight excluding hydrogens is 280 g/mol. The first-order chi connectivity index (χ1) is 6.57. The predicted octanol–water partition coefficient (Wildman–Crippen LogP) is 4.06. The molecule has 86 valence electrons. The highest BCUT2D eigenvalue weighted by molar-refractivity contribution is 9.10. The first-order valence-electron chi connectivity index (χ1n) is 4.77. The van der Waals surface area contributed by atoms with Crippen molar-refractivity contribution in [1.82, 2.24) is 0 Å². The molecule has 0 aliphatic rings. The number of benzene rings is 1. The van der Waals surface area contributed by atoms with Crippen LogP contribution in [0.5, 0.6) is 0 Å². The molecule has 1 rings (SSSR count). The molecule has 0 bridgehead atoms. The van der Waals surface area contributed by atoms with Gasteiger partial charge in [0.15, 0.2) is 0 Å². The van der Waals surface area contributed by atoms with E-state index in [1.165, 1.54) is 6.07 Å². The molecule has 4 heteroatoms. The van der Waals surface area contributed by atoms with E-state index < -0.39 is 0 Å². The van der Waals surface area contributed by atoms with Crippen LogP contribution in [0.3, 0.4) is 0 Å². The summed E-state index contributed by atoms with van der Waals surface area (Å²) in [4.78, 5) is 0. The number of halogens is 3. The molecule has 1 aromatic rings. The van der Waals surface area contributed by atoms with Gasteiger partial charge in [-0.15, -0.1) is 12.4 Å². The van der Waals surface area contributed by atoms with E-state index in [9.17, 15) is 4.39 Å². The Hall–Kier alpha value is -0.120. The van der Waals surface area contributed by atoms with Crippen LogP contribution in [-0.4, -0.2) is 0 Å². The van der Waals surface area contributed by atoms with Gasteiger partial charge < -0.3 is 5.73 Å². The fraction of sp³-hybridized carbons (Fsp3) is 0.455. The molecule has 0 saturated carbocycles. The Morgan fingerprint density at radius 3 is 2.53 bits per heavy atom. The number of hydrogen-bond acceptors (Lipinski definition) is 1. The Morgan fingerprint density at radius 1 is 1.47 bits per heavy atom. The highest BCUT2D eigenvalue weighted by atomic mass is 79.9. The van der Waals surface area contributed by atoms with Crippen molar-refractivity contribution in [3.8, 4) is 0 Å². The smallest absolute Gasteiger partial charge is 0.129 e. The summed E-state index contributed by atoms with van der Waals surface area (Å²) in [6, 6.07) is 4.70. The van der Waals surface area contributed by atoms with Gasteiger partial charge in [-0.25, -0.2) is 4.39 Å². The summed E-state index contributed by atoms with van der Waals surface area (Å²) in [5, 5.41) is 0. The molecule has 15 heavy (non-hydrogen) atoms. The van der Waals surface area contributed by atoms with Crippen molar-refractivity contribution in [1.29, 1.82) is 0 Å². The van der Waals surface area contributed by atoms with Crippen molar-refractivity contribution in [2.45, 2.75) is 26.3 Å². The Morgan fingerprint density at radius 2 is 2.07 bits per heavy atom. The minimum absolute atomic E-state index is 0. The van der Waals surface area contributed by atoms with Crippen LogP contribution in [0.2, 0.25) is 0 Å². The fourth-order valence-electron chi connectivity index (χ4n) is 1.37. The van der Waals surface area contributed by atoms with Crippen LogP contribution in [0.4, 0.5) is 4.39 Å². The number of rotatable bonds is 3. The summed E-state index contributed by atoms with van der Waals surface area (Å²) in [7, 11) is 0. The van der Waals surface area contributed by atoms with Gasteiger partial charge in [0, 0.05) is 16.1 Å². The maximum absolute atomic E-state index is 13.5. The molecule has 1 aromatic carbocycles. The van der Waals surface area contributed by atoms with E-state index in [1.807, 2.05) is 13.0 Å². The quantitative estimate of drug-likeness (QED) is 0.894. The molecule has 0 radical (unpaired) electrons. The van der Waals surface area contributed by atoms with Crippen LogP contribution in [0, 0.1) is 11.7 Å². The molecule has 1 nitrogen and oxygen atoms in total. The van der Waals surface area contributed by atoms with Crippen molar-refractivity contribution in [2.75, 3.05) is 0 Å². The van der Waals surface area contributed by atoms with E-state index in [0.717, 1.165) is 10.9 Å². The first kappa shape index (κ1) is 14.9. The Labute approximate surface area is 105 Å². The van der Waals surface area contributed by atoms with Crippen molar-refractivity contribution in [2.24, 2.45) is 11.7 Å². The lowest BCUT2D eigenvalue weighted by Crippen LogP contribution is -2.20. The van der Waals surface area contributed by atoms with Gasteiger partial charge in [-0.2, -0.15) is 0 Å². The molecule has 0 aromatic heterocycles. The average Bonchev–Trinajstić information content (AvgIpc) is 2.16. The van der Waals surface area contributed by atoms with Crippen LogP contribution in [0.15, 0.2) is 22.7 Å². The van der Waals surface area contributed by atoms with E-state index in [1.54, 1.807) is 6.07 Å². The van der Waals surface area contributed by atoms with E-state index >= 15 is 0 Å². The SMILES string of the molecule is CCC(C)[C@@H](N)c1c(F)cccc1Br.Cl. The summed E-state index contributed by atoms with van der Waals surface area (Å²) in [5.41, 5.74) is 6.57. The highest BCUT2D eigenvalue weighted by Gasteiger charge is 2.19. The lowest BCUT2D eigenvalue weighted by molar-refractivity contribution is 0.438. The number of nitrogens with two attached hydrogens (primary N) is 1. The minimum Gasteiger partial charge on any atom is -0.324 e. The minimum atomic E-state index is -0.240. The maximum atomic E-state index is 13.5. The zero-order chi connectivity index (χ0) is 10.7. The Balaban J connectivity index is 0.00000196. The third-order valence-corrected chi connectivity index (χ3v) is 3.28. The normalized spacial score (nSPS) is 14.2.